The number of carbonyl (C=O) groups is 1. The van der Waals surface area contributed by atoms with Crippen molar-refractivity contribution in [1.29, 1.82) is 5.26 Å². The molecule has 1 N–H and O–H groups in total. The van der Waals surface area contributed by atoms with Crippen molar-refractivity contribution in [1.82, 2.24) is 18.7 Å². The van der Waals surface area contributed by atoms with Crippen molar-refractivity contribution in [3.63, 3.8) is 0 Å². The second-order valence-corrected chi connectivity index (χ2v) is 8.75. The number of anilines is 1. The lowest BCUT2D eigenvalue weighted by atomic mass is 10.2. The predicted octanol–water partition coefficient (Wildman–Crippen LogP) is 3.03. The Morgan fingerprint density at radius 2 is 1.83 bits per heavy atom. The maximum Gasteiger partial charge on any atom is 0.333 e. The van der Waals surface area contributed by atoms with E-state index in [1.54, 1.807) is 24.5 Å². The third-order valence-electron chi connectivity index (χ3n) is 6.42. The highest BCUT2D eigenvalue weighted by Gasteiger charge is 2.25. The first-order valence-corrected chi connectivity index (χ1v) is 11.6. The molecule has 0 bridgehead atoms. The molecule has 1 aliphatic rings. The van der Waals surface area contributed by atoms with Crippen LogP contribution in [0.25, 0.3) is 11.2 Å². The molecule has 1 aliphatic carbocycles. The molecule has 2 aromatic heterocycles. The van der Waals surface area contributed by atoms with Gasteiger partial charge in [-0.05, 0) is 36.6 Å². The summed E-state index contributed by atoms with van der Waals surface area (Å²) in [5.41, 5.74) is 1.24. The van der Waals surface area contributed by atoms with Crippen LogP contribution < -0.4 is 16.6 Å². The highest BCUT2D eigenvalue weighted by Crippen LogP contribution is 2.31. The Balaban J connectivity index is 1.58. The Morgan fingerprint density at radius 3 is 2.57 bits per heavy atom. The Hall–Kier alpha value is -4.45. The molecule has 5 rings (SSSR count). The van der Waals surface area contributed by atoms with Crippen LogP contribution in [0.2, 0.25) is 0 Å². The molecule has 1 fully saturated rings. The molecule has 2 heterocycles. The molecule has 0 unspecified atom stereocenters. The summed E-state index contributed by atoms with van der Waals surface area (Å²) in [4.78, 5) is 44.3. The van der Waals surface area contributed by atoms with Crippen LogP contribution in [0, 0.1) is 11.3 Å². The first-order chi connectivity index (χ1) is 17.0. The fourth-order valence-electron chi connectivity index (χ4n) is 4.72. The molecule has 1 saturated carbocycles. The standard InChI is InChI=1S/C26H24N6O3/c27-14-19-9-6-10-20(13-19)29-22(33)16-31-25(34)23-24(28-17-32(23)21-11-4-5-12-21)30(26(31)35)15-18-7-2-1-3-8-18/h1-3,6-10,13,17,21H,4-5,11-12,15-16H2,(H,29,33). The van der Waals surface area contributed by atoms with E-state index in [2.05, 4.69) is 10.3 Å². The van der Waals surface area contributed by atoms with E-state index in [-0.39, 0.29) is 12.6 Å². The summed E-state index contributed by atoms with van der Waals surface area (Å²) in [6.45, 7) is -0.223. The van der Waals surface area contributed by atoms with Gasteiger partial charge in [0.15, 0.2) is 11.2 Å². The van der Waals surface area contributed by atoms with Crippen molar-refractivity contribution in [3.05, 3.63) is 92.9 Å². The second kappa shape index (κ2) is 9.43. The van der Waals surface area contributed by atoms with Crippen LogP contribution in [0.4, 0.5) is 5.69 Å². The monoisotopic (exact) mass is 468 g/mol. The Labute approximate surface area is 200 Å². The third-order valence-corrected chi connectivity index (χ3v) is 6.42. The van der Waals surface area contributed by atoms with Gasteiger partial charge in [0.25, 0.3) is 5.56 Å². The number of rotatable bonds is 6. The average Bonchev–Trinajstić information content (AvgIpc) is 3.55. The van der Waals surface area contributed by atoms with Gasteiger partial charge in [-0.15, -0.1) is 0 Å². The number of carbonyl (C=O) groups excluding carboxylic acids is 1. The Bertz CT molecular complexity index is 1550. The first-order valence-electron chi connectivity index (χ1n) is 11.6. The van der Waals surface area contributed by atoms with Crippen LogP contribution in [0.15, 0.2) is 70.5 Å². The summed E-state index contributed by atoms with van der Waals surface area (Å²) >= 11 is 0. The zero-order valence-corrected chi connectivity index (χ0v) is 19.1. The zero-order valence-electron chi connectivity index (χ0n) is 19.1. The number of imidazole rings is 1. The van der Waals surface area contributed by atoms with Gasteiger partial charge in [0.05, 0.1) is 24.5 Å². The van der Waals surface area contributed by atoms with Crippen LogP contribution in [0.5, 0.6) is 0 Å². The summed E-state index contributed by atoms with van der Waals surface area (Å²) in [5.74, 6) is -0.531. The van der Waals surface area contributed by atoms with E-state index >= 15 is 0 Å². The molecule has 0 radical (unpaired) electrons. The largest absolute Gasteiger partial charge is 0.333 e. The molecule has 176 valence electrons. The predicted molar refractivity (Wildman–Crippen MR) is 131 cm³/mol. The van der Waals surface area contributed by atoms with Crippen molar-refractivity contribution in [2.75, 3.05) is 5.32 Å². The van der Waals surface area contributed by atoms with E-state index in [9.17, 15) is 14.4 Å². The lowest BCUT2D eigenvalue weighted by molar-refractivity contribution is -0.116. The summed E-state index contributed by atoms with van der Waals surface area (Å²) in [6.07, 6.45) is 5.68. The van der Waals surface area contributed by atoms with Crippen molar-refractivity contribution >= 4 is 22.8 Å². The molecule has 4 aromatic rings. The van der Waals surface area contributed by atoms with Gasteiger partial charge in [0.2, 0.25) is 5.91 Å². The van der Waals surface area contributed by atoms with E-state index in [0.29, 0.717) is 22.4 Å². The van der Waals surface area contributed by atoms with Gasteiger partial charge in [-0.2, -0.15) is 5.26 Å². The minimum absolute atomic E-state index is 0.145. The van der Waals surface area contributed by atoms with Gasteiger partial charge < -0.3 is 9.88 Å². The van der Waals surface area contributed by atoms with Gasteiger partial charge in [-0.3, -0.25) is 14.2 Å². The fraction of sp³-hybridized carbons (Fsp3) is 0.269. The number of nitriles is 1. The van der Waals surface area contributed by atoms with E-state index < -0.39 is 23.7 Å². The van der Waals surface area contributed by atoms with Crippen LogP contribution in [-0.4, -0.2) is 24.6 Å². The summed E-state index contributed by atoms with van der Waals surface area (Å²) in [7, 11) is 0. The number of benzene rings is 2. The van der Waals surface area contributed by atoms with Gasteiger partial charge >= 0.3 is 5.69 Å². The van der Waals surface area contributed by atoms with E-state index in [4.69, 9.17) is 5.26 Å². The number of hydrogen-bond acceptors (Lipinski definition) is 5. The highest BCUT2D eigenvalue weighted by atomic mass is 16.2. The highest BCUT2D eigenvalue weighted by molar-refractivity contribution is 5.90. The SMILES string of the molecule is N#Cc1cccc(NC(=O)Cn2c(=O)c3c(ncn3C3CCCC3)n(Cc3ccccc3)c2=O)c1. The maximum atomic E-state index is 13.5. The van der Waals surface area contributed by atoms with Crippen LogP contribution in [0.1, 0.15) is 42.9 Å². The summed E-state index contributed by atoms with van der Waals surface area (Å²) in [6, 6.07) is 18.1. The number of hydrogen-bond donors (Lipinski definition) is 1. The van der Waals surface area contributed by atoms with Gasteiger partial charge in [0, 0.05) is 11.7 Å². The molecule has 9 nitrogen and oxygen atoms in total. The minimum Gasteiger partial charge on any atom is -0.324 e. The van der Waals surface area contributed by atoms with Crippen LogP contribution >= 0.6 is 0 Å². The van der Waals surface area contributed by atoms with Crippen molar-refractivity contribution in [2.45, 2.75) is 44.8 Å². The molecule has 35 heavy (non-hydrogen) atoms. The van der Waals surface area contributed by atoms with Crippen molar-refractivity contribution < 1.29 is 4.79 Å². The Morgan fingerprint density at radius 1 is 1.06 bits per heavy atom. The second-order valence-electron chi connectivity index (χ2n) is 8.75. The number of aromatic nitrogens is 4. The van der Waals surface area contributed by atoms with Gasteiger partial charge in [0.1, 0.15) is 6.54 Å². The van der Waals surface area contributed by atoms with Gasteiger partial charge in [-0.25, -0.2) is 14.3 Å². The van der Waals surface area contributed by atoms with Crippen molar-refractivity contribution in [3.8, 4) is 6.07 Å². The molecule has 0 aliphatic heterocycles. The van der Waals surface area contributed by atoms with Crippen molar-refractivity contribution in [2.24, 2.45) is 0 Å². The third kappa shape index (κ3) is 4.38. The first kappa shape index (κ1) is 22.3. The Kier molecular flexibility index (Phi) is 6.02. The number of nitrogens with one attached hydrogen (secondary N) is 1. The smallest absolute Gasteiger partial charge is 0.324 e. The zero-order chi connectivity index (χ0) is 24.4. The van der Waals surface area contributed by atoms with E-state index in [1.807, 2.05) is 41.0 Å². The number of amides is 1. The lowest BCUT2D eigenvalue weighted by Gasteiger charge is -2.15. The van der Waals surface area contributed by atoms with E-state index in [1.165, 1.54) is 10.6 Å². The van der Waals surface area contributed by atoms with Crippen LogP contribution in [0.3, 0.4) is 0 Å². The molecule has 1 amide bonds. The molecule has 2 aromatic carbocycles. The lowest BCUT2D eigenvalue weighted by Crippen LogP contribution is -2.43. The molecular formula is C26H24N6O3. The molecule has 0 atom stereocenters. The number of fused-ring (bicyclic) bond motifs is 1. The quantitative estimate of drug-likeness (QED) is 0.467. The molecule has 0 spiro atoms. The van der Waals surface area contributed by atoms with Crippen LogP contribution in [-0.2, 0) is 17.9 Å². The van der Waals surface area contributed by atoms with Gasteiger partial charge in [-0.1, -0.05) is 49.2 Å². The molecule has 0 saturated heterocycles. The normalized spacial score (nSPS) is 13.7. The summed E-state index contributed by atoms with van der Waals surface area (Å²) in [5, 5.41) is 11.8. The number of nitrogens with zero attached hydrogens (tertiary/aromatic N) is 5. The average molecular weight is 469 g/mol. The maximum absolute atomic E-state index is 13.5. The molecular weight excluding hydrogens is 444 g/mol. The molecule has 9 heteroatoms. The topological polar surface area (TPSA) is 115 Å². The minimum atomic E-state index is -0.594. The summed E-state index contributed by atoms with van der Waals surface area (Å²) < 4.78 is 4.30. The fourth-order valence-corrected chi connectivity index (χ4v) is 4.72. The van der Waals surface area contributed by atoms with E-state index in [0.717, 1.165) is 35.8 Å².